The number of rotatable bonds is 4. The summed E-state index contributed by atoms with van der Waals surface area (Å²) in [7, 11) is 0. The van der Waals surface area contributed by atoms with E-state index in [0.717, 1.165) is 12.5 Å². The SMILES string of the molecule is CC(C)(C)OC(=O)N[C@@H]1CCCCC/C=C\C2C[C@@]2(C(=O)O)NC(=O)[C@@H]2C[C@@H](Oc3cc(C(F)(F)F)nc4cc(O)ccc34)CN2C1=O. The zero-order valence-electron chi connectivity index (χ0n) is 26.8. The van der Waals surface area contributed by atoms with Crippen molar-refractivity contribution >= 4 is 34.8 Å². The first-order chi connectivity index (χ1) is 22.5. The summed E-state index contributed by atoms with van der Waals surface area (Å²) in [6.07, 6.45) is -0.185. The van der Waals surface area contributed by atoms with Gasteiger partial charge in [-0.25, -0.2) is 14.6 Å². The number of benzene rings is 1. The second kappa shape index (κ2) is 13.2. The minimum atomic E-state index is -4.85. The lowest BCUT2D eigenvalue weighted by atomic mass is 10.0. The molecule has 1 unspecified atom stereocenters. The van der Waals surface area contributed by atoms with Crippen molar-refractivity contribution in [1.82, 2.24) is 20.5 Å². The van der Waals surface area contributed by atoms with Crippen molar-refractivity contribution in [2.45, 2.75) is 101 Å². The minimum absolute atomic E-state index is 0.156. The Hall–Kier alpha value is -4.56. The molecule has 1 aromatic heterocycles. The van der Waals surface area contributed by atoms with Crippen molar-refractivity contribution in [3.8, 4) is 11.5 Å². The number of nitrogens with zero attached hydrogens (tertiary/aromatic N) is 2. The highest BCUT2D eigenvalue weighted by atomic mass is 19.4. The number of aromatic nitrogens is 1. The molecule has 1 aromatic carbocycles. The molecular formula is C33H39F3N4O8. The number of carboxylic acids is 1. The standard InChI is InChI=1S/C33H39F3N4O8/c1-31(2,3)48-30(46)38-22-10-8-6-4-5-7-9-18-16-32(18,29(44)45)39-27(42)24-14-20(17-40(24)28(22)43)47-25-15-26(33(34,35)36)37-23-13-19(41)11-12-21(23)25/h7,9,11-13,15,18,20,22,24,41H,4-6,8,10,14,16-17H2,1-3H3,(H,38,46)(H,39,42)(H,44,45)/b9-7-/t18?,20-,22-,24+,32-/m1/s1. The molecule has 0 radical (unpaired) electrons. The van der Waals surface area contributed by atoms with Crippen LogP contribution in [0.25, 0.3) is 10.9 Å². The van der Waals surface area contributed by atoms with Crippen LogP contribution in [0.3, 0.4) is 0 Å². The van der Waals surface area contributed by atoms with Crippen molar-refractivity contribution in [3.05, 3.63) is 42.1 Å². The number of halogens is 3. The lowest BCUT2D eigenvalue weighted by Crippen LogP contribution is -2.56. The van der Waals surface area contributed by atoms with E-state index < -0.39 is 71.0 Å². The molecule has 2 fully saturated rings. The number of allylic oxidation sites excluding steroid dienone is 1. The third-order valence-electron chi connectivity index (χ3n) is 8.65. The Morgan fingerprint density at radius 3 is 2.56 bits per heavy atom. The lowest BCUT2D eigenvalue weighted by Gasteiger charge is -2.30. The van der Waals surface area contributed by atoms with E-state index in [4.69, 9.17) is 9.47 Å². The Bertz CT molecular complexity index is 1620. The molecular weight excluding hydrogens is 637 g/mol. The number of hydrogen-bond acceptors (Lipinski definition) is 8. The van der Waals surface area contributed by atoms with Gasteiger partial charge in [0, 0.05) is 29.9 Å². The number of phenolic OH excluding ortho intramolecular Hbond substituents is 1. The molecule has 3 heterocycles. The van der Waals surface area contributed by atoms with Crippen LogP contribution in [0.5, 0.6) is 11.5 Å². The molecule has 12 nitrogen and oxygen atoms in total. The van der Waals surface area contributed by atoms with E-state index in [1.807, 2.05) is 6.08 Å². The summed E-state index contributed by atoms with van der Waals surface area (Å²) >= 11 is 0. The van der Waals surface area contributed by atoms with Gasteiger partial charge in [0.1, 0.15) is 46.5 Å². The highest BCUT2D eigenvalue weighted by Crippen LogP contribution is 2.45. The van der Waals surface area contributed by atoms with Gasteiger partial charge in [-0.1, -0.05) is 25.0 Å². The van der Waals surface area contributed by atoms with Crippen LogP contribution in [0.2, 0.25) is 0 Å². The van der Waals surface area contributed by atoms with E-state index >= 15 is 0 Å². The number of pyridine rings is 1. The zero-order valence-corrected chi connectivity index (χ0v) is 26.8. The molecule has 260 valence electrons. The lowest BCUT2D eigenvalue weighted by molar-refractivity contribution is -0.145. The molecule has 3 aliphatic rings. The van der Waals surface area contributed by atoms with Gasteiger partial charge >= 0.3 is 18.2 Å². The number of phenols is 1. The fourth-order valence-electron chi connectivity index (χ4n) is 6.20. The zero-order chi connectivity index (χ0) is 35.0. The molecule has 1 saturated carbocycles. The monoisotopic (exact) mass is 676 g/mol. The quantitative estimate of drug-likeness (QED) is 0.336. The van der Waals surface area contributed by atoms with Crippen LogP contribution in [0.15, 0.2) is 36.4 Å². The predicted molar refractivity (Wildman–Crippen MR) is 165 cm³/mol. The highest BCUT2D eigenvalue weighted by Gasteiger charge is 2.61. The van der Waals surface area contributed by atoms with E-state index in [9.17, 15) is 42.6 Å². The maximum Gasteiger partial charge on any atom is 0.433 e. The summed E-state index contributed by atoms with van der Waals surface area (Å²) in [5, 5.41) is 25.3. The number of carboxylic acid groups (broad SMARTS) is 1. The molecule has 2 aromatic rings. The average Bonchev–Trinajstić information content (AvgIpc) is 3.51. The molecule has 1 saturated heterocycles. The number of fused-ring (bicyclic) bond motifs is 3. The number of carbonyl (C=O) groups is 4. The van der Waals surface area contributed by atoms with Crippen LogP contribution >= 0.6 is 0 Å². The van der Waals surface area contributed by atoms with Crippen LogP contribution < -0.4 is 15.4 Å². The summed E-state index contributed by atoms with van der Waals surface area (Å²) in [5.41, 5.74) is -3.88. The van der Waals surface area contributed by atoms with Crippen LogP contribution in [-0.2, 0) is 25.3 Å². The van der Waals surface area contributed by atoms with Crippen molar-refractivity contribution in [2.75, 3.05) is 6.54 Å². The van der Waals surface area contributed by atoms with Crippen LogP contribution in [0, 0.1) is 5.92 Å². The van der Waals surface area contributed by atoms with Crippen molar-refractivity contribution in [2.24, 2.45) is 5.92 Å². The summed E-state index contributed by atoms with van der Waals surface area (Å²) in [6.45, 7) is 4.74. The Morgan fingerprint density at radius 2 is 1.88 bits per heavy atom. The van der Waals surface area contributed by atoms with Gasteiger partial charge in [0.05, 0.1) is 12.1 Å². The van der Waals surface area contributed by atoms with Gasteiger partial charge in [-0.15, -0.1) is 0 Å². The number of carbonyl (C=O) groups excluding carboxylic acids is 3. The number of alkyl carbamates (subject to hydrolysis) is 1. The predicted octanol–water partition coefficient (Wildman–Crippen LogP) is 4.68. The Kier molecular flexibility index (Phi) is 9.53. The minimum Gasteiger partial charge on any atom is -0.508 e. The maximum atomic E-state index is 14.2. The van der Waals surface area contributed by atoms with E-state index in [-0.39, 0.29) is 48.2 Å². The van der Waals surface area contributed by atoms with Gasteiger partial charge in [0.2, 0.25) is 11.8 Å². The number of hydrogen-bond donors (Lipinski definition) is 4. The summed E-state index contributed by atoms with van der Waals surface area (Å²) < 4.78 is 52.8. The number of nitrogens with one attached hydrogen (secondary N) is 2. The molecule has 48 heavy (non-hydrogen) atoms. The third-order valence-corrected chi connectivity index (χ3v) is 8.65. The van der Waals surface area contributed by atoms with Crippen molar-refractivity contribution in [1.29, 1.82) is 0 Å². The van der Waals surface area contributed by atoms with E-state index in [2.05, 4.69) is 15.6 Å². The van der Waals surface area contributed by atoms with Gasteiger partial charge in [0.15, 0.2) is 0 Å². The van der Waals surface area contributed by atoms with E-state index in [1.165, 1.54) is 17.0 Å². The van der Waals surface area contributed by atoms with Crippen molar-refractivity contribution < 1.29 is 52.0 Å². The summed E-state index contributed by atoms with van der Waals surface area (Å²) in [4.78, 5) is 57.9. The van der Waals surface area contributed by atoms with Gasteiger partial charge in [-0.3, -0.25) is 9.59 Å². The second-order valence-electron chi connectivity index (χ2n) is 13.5. The fraction of sp³-hybridized carbons (Fsp3) is 0.545. The average molecular weight is 677 g/mol. The number of ether oxygens (including phenoxy) is 2. The topological polar surface area (TPSA) is 167 Å². The fourth-order valence-corrected chi connectivity index (χ4v) is 6.20. The largest absolute Gasteiger partial charge is 0.508 e. The first kappa shape index (κ1) is 34.8. The molecule has 4 N–H and O–H groups in total. The number of aromatic hydroxyl groups is 1. The molecule has 3 amide bonds. The molecule has 0 bridgehead atoms. The van der Waals surface area contributed by atoms with Gasteiger partial charge in [0.25, 0.3) is 0 Å². The third kappa shape index (κ3) is 7.76. The summed E-state index contributed by atoms with van der Waals surface area (Å²) in [6, 6.07) is 2.00. The van der Waals surface area contributed by atoms with E-state index in [1.54, 1.807) is 26.8 Å². The number of amides is 3. The normalized spacial score (nSPS) is 27.5. The molecule has 15 heteroatoms. The molecule has 0 spiro atoms. The highest BCUT2D eigenvalue weighted by molar-refractivity contribution is 5.96. The molecule has 1 aliphatic carbocycles. The molecule has 5 rings (SSSR count). The van der Waals surface area contributed by atoms with Gasteiger partial charge in [-0.05, 0) is 58.6 Å². The number of aliphatic carboxylic acids is 1. The Morgan fingerprint density at radius 1 is 1.12 bits per heavy atom. The Balaban J connectivity index is 1.49. The van der Waals surface area contributed by atoms with Crippen molar-refractivity contribution in [3.63, 3.8) is 0 Å². The number of alkyl halides is 3. The Labute approximate surface area is 274 Å². The maximum absolute atomic E-state index is 14.2. The van der Waals surface area contributed by atoms with Crippen LogP contribution in [-0.4, -0.2) is 79.8 Å². The molecule has 2 aliphatic heterocycles. The second-order valence-corrected chi connectivity index (χ2v) is 13.5. The van der Waals surface area contributed by atoms with E-state index in [0.29, 0.717) is 25.3 Å². The van der Waals surface area contributed by atoms with Crippen LogP contribution in [0.1, 0.15) is 71.4 Å². The summed E-state index contributed by atoms with van der Waals surface area (Å²) in [5.74, 6) is -3.63. The van der Waals surface area contributed by atoms with Gasteiger partial charge in [-0.2, -0.15) is 13.2 Å². The molecule has 5 atom stereocenters. The first-order valence-corrected chi connectivity index (χ1v) is 15.9. The van der Waals surface area contributed by atoms with Crippen LogP contribution in [0.4, 0.5) is 18.0 Å². The first-order valence-electron chi connectivity index (χ1n) is 15.9. The van der Waals surface area contributed by atoms with Gasteiger partial charge < -0.3 is 35.2 Å². The smallest absolute Gasteiger partial charge is 0.433 e.